The van der Waals surface area contributed by atoms with Crippen LogP contribution >= 0.6 is 0 Å². The van der Waals surface area contributed by atoms with Gasteiger partial charge >= 0.3 is 11.9 Å². The van der Waals surface area contributed by atoms with E-state index in [0.717, 1.165) is 12.2 Å². The minimum atomic E-state index is -1.42. The van der Waals surface area contributed by atoms with Crippen molar-refractivity contribution < 1.29 is 28.7 Å². The first-order chi connectivity index (χ1) is 10.5. The lowest BCUT2D eigenvalue weighted by Crippen LogP contribution is -2.38. The van der Waals surface area contributed by atoms with E-state index in [-0.39, 0.29) is 24.5 Å². The van der Waals surface area contributed by atoms with Crippen molar-refractivity contribution in [3.63, 3.8) is 0 Å². The van der Waals surface area contributed by atoms with Crippen LogP contribution in [0.1, 0.15) is 40.5 Å². The molecule has 23 heavy (non-hydrogen) atoms. The molecule has 0 aliphatic rings. The number of esters is 2. The average molecular weight is 327 g/mol. The van der Waals surface area contributed by atoms with Crippen molar-refractivity contribution in [3.05, 3.63) is 12.2 Å². The second-order valence-corrected chi connectivity index (χ2v) is 5.91. The molecule has 7 heteroatoms. The summed E-state index contributed by atoms with van der Waals surface area (Å²) < 4.78 is 9.47. The zero-order valence-electron chi connectivity index (χ0n) is 14.3. The van der Waals surface area contributed by atoms with Crippen molar-refractivity contribution in [2.75, 3.05) is 7.11 Å². The molecular formula is C16H25NO6. The lowest BCUT2D eigenvalue weighted by Gasteiger charge is -2.22. The Balaban J connectivity index is 4.52. The number of ketones is 2. The van der Waals surface area contributed by atoms with Crippen LogP contribution in [0.4, 0.5) is 0 Å². The summed E-state index contributed by atoms with van der Waals surface area (Å²) in [5.74, 6) is -2.21. The number of nitrogens with two attached hydrogens (primary N) is 1. The number of hydrogen-bond donors (Lipinski definition) is 1. The first kappa shape index (κ1) is 21.0. The highest BCUT2D eigenvalue weighted by atomic mass is 16.6. The van der Waals surface area contributed by atoms with Crippen molar-refractivity contribution >= 4 is 23.5 Å². The zero-order chi connectivity index (χ0) is 18.2. The van der Waals surface area contributed by atoms with Gasteiger partial charge in [0.05, 0.1) is 13.2 Å². The highest BCUT2D eigenvalue weighted by Crippen LogP contribution is 2.14. The third kappa shape index (κ3) is 7.69. The highest BCUT2D eigenvalue weighted by Gasteiger charge is 2.30. The van der Waals surface area contributed by atoms with Crippen LogP contribution in [0.15, 0.2) is 12.2 Å². The molecule has 0 saturated heterocycles. The van der Waals surface area contributed by atoms with Crippen molar-refractivity contribution in [1.29, 1.82) is 0 Å². The Bertz CT molecular complexity index is 493. The van der Waals surface area contributed by atoms with Gasteiger partial charge < -0.3 is 15.2 Å². The molecule has 0 aliphatic carbocycles. The molecular weight excluding hydrogens is 302 g/mol. The van der Waals surface area contributed by atoms with Crippen molar-refractivity contribution in [2.45, 2.75) is 52.2 Å². The topological polar surface area (TPSA) is 113 Å². The van der Waals surface area contributed by atoms with E-state index >= 15 is 0 Å². The van der Waals surface area contributed by atoms with E-state index in [1.165, 1.54) is 21.0 Å². The maximum Gasteiger partial charge on any atom is 0.330 e. The van der Waals surface area contributed by atoms with E-state index in [4.69, 9.17) is 10.5 Å². The molecule has 0 aromatic carbocycles. The normalized spacial score (nSPS) is 13.0. The molecule has 0 heterocycles. The van der Waals surface area contributed by atoms with Gasteiger partial charge in [0.25, 0.3) is 0 Å². The first-order valence-corrected chi connectivity index (χ1v) is 7.32. The molecule has 0 spiro atoms. The molecule has 1 atom stereocenters. The minimum absolute atomic E-state index is 0.0724. The monoisotopic (exact) mass is 327 g/mol. The maximum atomic E-state index is 11.9. The Hall–Kier alpha value is -2.02. The molecule has 1 unspecified atom stereocenters. The van der Waals surface area contributed by atoms with Gasteiger partial charge in [-0.05, 0) is 26.3 Å². The highest BCUT2D eigenvalue weighted by molar-refractivity contribution is 6.01. The Labute approximate surface area is 136 Å². The Morgan fingerprint density at radius 1 is 1.13 bits per heavy atom. The lowest BCUT2D eigenvalue weighted by atomic mass is 9.98. The second kappa shape index (κ2) is 9.19. The van der Waals surface area contributed by atoms with Gasteiger partial charge in [-0.1, -0.05) is 13.8 Å². The average Bonchev–Trinajstić information content (AvgIpc) is 2.48. The van der Waals surface area contributed by atoms with Gasteiger partial charge in [0.15, 0.2) is 17.2 Å². The van der Waals surface area contributed by atoms with Gasteiger partial charge in [-0.25, -0.2) is 4.79 Å². The fourth-order valence-electron chi connectivity index (χ4n) is 1.64. The van der Waals surface area contributed by atoms with Gasteiger partial charge in [0.2, 0.25) is 0 Å². The van der Waals surface area contributed by atoms with Crippen LogP contribution in [-0.2, 0) is 28.7 Å². The number of Topliss-reactive ketones (excluding diaryl/α,β-unsaturated/α-hetero) is 1. The summed E-state index contributed by atoms with van der Waals surface area (Å²) in [7, 11) is 1.18. The summed E-state index contributed by atoms with van der Waals surface area (Å²) in [4.78, 5) is 46.3. The van der Waals surface area contributed by atoms with Crippen LogP contribution in [-0.4, -0.2) is 42.3 Å². The number of ether oxygens (including phenoxy) is 2. The summed E-state index contributed by atoms with van der Waals surface area (Å²) in [5, 5.41) is 0. The van der Waals surface area contributed by atoms with Gasteiger partial charge in [-0.2, -0.15) is 0 Å². The second-order valence-electron chi connectivity index (χ2n) is 5.91. The number of carbonyl (C=O) groups is 4. The van der Waals surface area contributed by atoms with Crippen molar-refractivity contribution in [1.82, 2.24) is 0 Å². The molecule has 0 aromatic heterocycles. The molecule has 0 aliphatic heterocycles. The summed E-state index contributed by atoms with van der Waals surface area (Å²) in [5.41, 5.74) is 4.28. The van der Waals surface area contributed by atoms with Gasteiger partial charge in [-0.15, -0.1) is 0 Å². The van der Waals surface area contributed by atoms with Crippen LogP contribution in [0.25, 0.3) is 0 Å². The third-order valence-corrected chi connectivity index (χ3v) is 3.13. The maximum absolute atomic E-state index is 11.9. The van der Waals surface area contributed by atoms with E-state index in [1.54, 1.807) is 13.8 Å². The van der Waals surface area contributed by atoms with E-state index in [9.17, 15) is 19.2 Å². The fourth-order valence-corrected chi connectivity index (χ4v) is 1.64. The zero-order valence-corrected chi connectivity index (χ0v) is 14.3. The van der Waals surface area contributed by atoms with Gasteiger partial charge in [0, 0.05) is 18.4 Å². The van der Waals surface area contributed by atoms with Crippen molar-refractivity contribution in [2.24, 2.45) is 11.7 Å². The summed E-state index contributed by atoms with van der Waals surface area (Å²) in [6.45, 7) is 6.29. The van der Waals surface area contributed by atoms with E-state index in [2.05, 4.69) is 4.74 Å². The van der Waals surface area contributed by atoms with E-state index in [0.29, 0.717) is 0 Å². The molecule has 0 saturated carbocycles. The Morgan fingerprint density at radius 2 is 1.70 bits per heavy atom. The quantitative estimate of drug-likeness (QED) is 0.495. The predicted octanol–water partition coefficient (Wildman–Crippen LogP) is 0.939. The number of rotatable bonds is 9. The number of carbonyl (C=O) groups excluding carboxylic acids is 4. The van der Waals surface area contributed by atoms with Crippen LogP contribution in [0, 0.1) is 5.92 Å². The van der Waals surface area contributed by atoms with Crippen LogP contribution in [0.3, 0.4) is 0 Å². The smallest absolute Gasteiger partial charge is 0.330 e. The van der Waals surface area contributed by atoms with Gasteiger partial charge in [0.1, 0.15) is 0 Å². The molecule has 130 valence electrons. The number of hydrogen-bond acceptors (Lipinski definition) is 7. The fraction of sp³-hybridized carbons (Fsp3) is 0.625. The van der Waals surface area contributed by atoms with Crippen LogP contribution < -0.4 is 5.73 Å². The summed E-state index contributed by atoms with van der Waals surface area (Å²) >= 11 is 0. The SMILES string of the molecule is COC(=O)/C=C/C(=O)C(C)(C)OC(=O)CCC(N)C(=O)C(C)C. The van der Waals surface area contributed by atoms with Crippen LogP contribution in [0.2, 0.25) is 0 Å². The predicted molar refractivity (Wildman–Crippen MR) is 83.4 cm³/mol. The van der Waals surface area contributed by atoms with E-state index < -0.39 is 29.4 Å². The summed E-state index contributed by atoms with van der Waals surface area (Å²) in [6, 6.07) is -0.736. The minimum Gasteiger partial charge on any atom is -0.466 e. The molecule has 0 rings (SSSR count). The van der Waals surface area contributed by atoms with Gasteiger partial charge in [-0.3, -0.25) is 14.4 Å². The molecule has 0 bridgehead atoms. The van der Waals surface area contributed by atoms with Crippen LogP contribution in [0.5, 0.6) is 0 Å². The molecule has 2 N–H and O–H groups in total. The largest absolute Gasteiger partial charge is 0.466 e. The lowest BCUT2D eigenvalue weighted by molar-refractivity contribution is -0.162. The number of methoxy groups -OCH3 is 1. The third-order valence-electron chi connectivity index (χ3n) is 3.13. The molecule has 0 amide bonds. The molecule has 0 fully saturated rings. The Kier molecular flexibility index (Phi) is 8.39. The molecule has 0 radical (unpaired) electrons. The molecule has 0 aromatic rings. The molecule has 7 nitrogen and oxygen atoms in total. The standard InChI is InChI=1S/C16H25NO6/c1-10(2)15(21)11(17)6-8-14(20)23-16(3,4)12(18)7-9-13(19)22-5/h7,9-11H,6,8,17H2,1-5H3/b9-7+. The first-order valence-electron chi connectivity index (χ1n) is 7.32. The van der Waals surface area contributed by atoms with E-state index in [1.807, 2.05) is 0 Å². The summed E-state index contributed by atoms with van der Waals surface area (Å²) in [6.07, 6.45) is 2.03. The Morgan fingerprint density at radius 3 is 2.17 bits per heavy atom. The van der Waals surface area contributed by atoms with Crippen molar-refractivity contribution in [3.8, 4) is 0 Å².